The number of hydrogen-bond donors (Lipinski definition) is 0. The zero-order chi connectivity index (χ0) is 18.6. The van der Waals surface area contributed by atoms with Crippen molar-refractivity contribution in [1.29, 1.82) is 0 Å². The van der Waals surface area contributed by atoms with Crippen molar-refractivity contribution >= 4 is 5.91 Å². The molecule has 5 heteroatoms. The van der Waals surface area contributed by atoms with Gasteiger partial charge in [0.15, 0.2) is 11.5 Å². The van der Waals surface area contributed by atoms with Gasteiger partial charge in [0.2, 0.25) is 6.79 Å². The van der Waals surface area contributed by atoms with Gasteiger partial charge in [-0.05, 0) is 48.2 Å². The topological polar surface area (TPSA) is 48.0 Å². The summed E-state index contributed by atoms with van der Waals surface area (Å²) in [5.74, 6) is 1.62. The van der Waals surface area contributed by atoms with Crippen LogP contribution >= 0.6 is 0 Å². The molecule has 1 saturated carbocycles. The average Bonchev–Trinajstić information content (AvgIpc) is 3.38. The fraction of sp³-hybridized carbons (Fsp3) is 0.409. The standard InChI is InChI=1S/C22H25NO4/c1-25-14-16-6-9-18(10-7-16)22(24)23(19-4-2-3-5-19)13-17-8-11-20-21(12-17)27-15-26-20/h6-12,19H,2-5,13-15H2,1H3. The summed E-state index contributed by atoms with van der Waals surface area (Å²) in [5.41, 5.74) is 2.86. The zero-order valence-electron chi connectivity index (χ0n) is 15.6. The maximum atomic E-state index is 13.3. The third-order valence-electron chi connectivity index (χ3n) is 5.33. The number of hydrogen-bond acceptors (Lipinski definition) is 4. The summed E-state index contributed by atoms with van der Waals surface area (Å²) in [6.45, 7) is 1.40. The molecule has 0 atom stereocenters. The number of amides is 1. The van der Waals surface area contributed by atoms with Crippen molar-refractivity contribution in [2.75, 3.05) is 13.9 Å². The molecule has 0 spiro atoms. The van der Waals surface area contributed by atoms with E-state index in [1.165, 1.54) is 12.8 Å². The lowest BCUT2D eigenvalue weighted by atomic mass is 10.1. The molecule has 0 bridgehead atoms. The van der Waals surface area contributed by atoms with Crippen molar-refractivity contribution in [3.05, 3.63) is 59.2 Å². The van der Waals surface area contributed by atoms with Crippen LogP contribution in [0.5, 0.6) is 11.5 Å². The Hall–Kier alpha value is -2.53. The van der Waals surface area contributed by atoms with Crippen LogP contribution in [-0.4, -0.2) is 30.8 Å². The van der Waals surface area contributed by atoms with Crippen LogP contribution in [0.15, 0.2) is 42.5 Å². The van der Waals surface area contributed by atoms with Crippen LogP contribution < -0.4 is 9.47 Å². The molecule has 2 aromatic rings. The van der Waals surface area contributed by atoms with E-state index in [2.05, 4.69) is 0 Å². The number of fused-ring (bicyclic) bond motifs is 1. The first-order valence-electron chi connectivity index (χ1n) is 9.52. The fourth-order valence-electron chi connectivity index (χ4n) is 3.89. The SMILES string of the molecule is COCc1ccc(C(=O)N(Cc2ccc3c(c2)OCO3)C2CCCC2)cc1. The first-order chi connectivity index (χ1) is 13.2. The Morgan fingerprint density at radius 2 is 1.74 bits per heavy atom. The normalized spacial score (nSPS) is 15.9. The lowest BCUT2D eigenvalue weighted by Crippen LogP contribution is -2.38. The van der Waals surface area contributed by atoms with E-state index in [1.807, 2.05) is 47.4 Å². The van der Waals surface area contributed by atoms with Crippen molar-refractivity contribution in [3.63, 3.8) is 0 Å². The monoisotopic (exact) mass is 367 g/mol. The summed E-state index contributed by atoms with van der Waals surface area (Å²) >= 11 is 0. The Bertz CT molecular complexity index is 796. The van der Waals surface area contributed by atoms with Gasteiger partial charge in [-0.15, -0.1) is 0 Å². The van der Waals surface area contributed by atoms with E-state index in [0.29, 0.717) is 19.2 Å². The minimum absolute atomic E-state index is 0.0866. The maximum Gasteiger partial charge on any atom is 0.254 e. The summed E-state index contributed by atoms with van der Waals surface area (Å²) in [4.78, 5) is 15.3. The molecule has 2 aliphatic rings. The molecule has 0 unspecified atom stereocenters. The highest BCUT2D eigenvalue weighted by molar-refractivity contribution is 5.94. The largest absolute Gasteiger partial charge is 0.454 e. The van der Waals surface area contributed by atoms with Crippen LogP contribution in [0.3, 0.4) is 0 Å². The van der Waals surface area contributed by atoms with Crippen molar-refractivity contribution < 1.29 is 19.0 Å². The lowest BCUT2D eigenvalue weighted by molar-refractivity contribution is 0.0664. The summed E-state index contributed by atoms with van der Waals surface area (Å²) in [6.07, 6.45) is 4.50. The highest BCUT2D eigenvalue weighted by Gasteiger charge is 2.28. The quantitative estimate of drug-likeness (QED) is 0.770. The van der Waals surface area contributed by atoms with Gasteiger partial charge in [0.25, 0.3) is 5.91 Å². The van der Waals surface area contributed by atoms with Gasteiger partial charge >= 0.3 is 0 Å². The molecule has 5 nitrogen and oxygen atoms in total. The Morgan fingerprint density at radius 3 is 2.48 bits per heavy atom. The summed E-state index contributed by atoms with van der Waals surface area (Å²) in [7, 11) is 1.67. The molecule has 1 aliphatic heterocycles. The first kappa shape index (κ1) is 17.9. The maximum absolute atomic E-state index is 13.3. The number of nitrogens with zero attached hydrogens (tertiary/aromatic N) is 1. The van der Waals surface area contributed by atoms with Crippen molar-refractivity contribution in [2.45, 2.75) is 44.9 Å². The van der Waals surface area contributed by atoms with Crippen LogP contribution in [0.25, 0.3) is 0 Å². The third-order valence-corrected chi connectivity index (χ3v) is 5.33. The van der Waals surface area contributed by atoms with Crippen LogP contribution in [0.1, 0.15) is 47.2 Å². The van der Waals surface area contributed by atoms with Gasteiger partial charge in [-0.1, -0.05) is 31.0 Å². The van der Waals surface area contributed by atoms with Gasteiger partial charge in [-0.3, -0.25) is 4.79 Å². The second-order valence-electron chi connectivity index (χ2n) is 7.19. The van der Waals surface area contributed by atoms with E-state index in [1.54, 1.807) is 7.11 Å². The molecule has 0 N–H and O–H groups in total. The summed E-state index contributed by atoms with van der Waals surface area (Å²) in [5, 5.41) is 0. The molecule has 0 aromatic heterocycles. The Labute approximate surface area is 159 Å². The molecule has 1 amide bonds. The highest BCUT2D eigenvalue weighted by Crippen LogP contribution is 2.34. The molecule has 27 heavy (non-hydrogen) atoms. The molecular weight excluding hydrogens is 342 g/mol. The van der Waals surface area contributed by atoms with E-state index in [4.69, 9.17) is 14.2 Å². The number of methoxy groups -OCH3 is 1. The van der Waals surface area contributed by atoms with Gasteiger partial charge < -0.3 is 19.1 Å². The predicted molar refractivity (Wildman–Crippen MR) is 102 cm³/mol. The van der Waals surface area contributed by atoms with E-state index in [9.17, 15) is 4.79 Å². The van der Waals surface area contributed by atoms with Crippen LogP contribution in [0, 0.1) is 0 Å². The molecule has 0 radical (unpaired) electrons. The van der Waals surface area contributed by atoms with Gasteiger partial charge in [-0.2, -0.15) is 0 Å². The van der Waals surface area contributed by atoms with Gasteiger partial charge in [0.1, 0.15) is 0 Å². The van der Waals surface area contributed by atoms with Crippen molar-refractivity contribution in [3.8, 4) is 11.5 Å². The molecule has 1 fully saturated rings. The number of carbonyl (C=O) groups excluding carboxylic acids is 1. The second-order valence-corrected chi connectivity index (χ2v) is 7.19. The van der Waals surface area contributed by atoms with Crippen molar-refractivity contribution in [2.24, 2.45) is 0 Å². The molecular formula is C22H25NO4. The molecule has 2 aromatic carbocycles. The minimum Gasteiger partial charge on any atom is -0.454 e. The van der Waals surface area contributed by atoms with E-state index in [0.717, 1.165) is 41.0 Å². The number of benzene rings is 2. The smallest absolute Gasteiger partial charge is 0.254 e. The summed E-state index contributed by atoms with van der Waals surface area (Å²) in [6, 6.07) is 13.9. The Morgan fingerprint density at radius 1 is 1.04 bits per heavy atom. The number of ether oxygens (including phenoxy) is 3. The minimum atomic E-state index is 0.0866. The van der Waals surface area contributed by atoms with Gasteiger partial charge in [0, 0.05) is 25.3 Å². The van der Waals surface area contributed by atoms with Crippen LogP contribution in [-0.2, 0) is 17.9 Å². The Kier molecular flexibility index (Phi) is 5.30. The van der Waals surface area contributed by atoms with Gasteiger partial charge in [-0.25, -0.2) is 0 Å². The first-order valence-corrected chi connectivity index (χ1v) is 9.52. The second kappa shape index (κ2) is 8.01. The fourth-order valence-corrected chi connectivity index (χ4v) is 3.89. The molecule has 1 heterocycles. The average molecular weight is 367 g/mol. The van der Waals surface area contributed by atoms with E-state index < -0.39 is 0 Å². The van der Waals surface area contributed by atoms with Crippen LogP contribution in [0.2, 0.25) is 0 Å². The predicted octanol–water partition coefficient (Wildman–Crippen LogP) is 4.15. The van der Waals surface area contributed by atoms with Crippen LogP contribution in [0.4, 0.5) is 0 Å². The molecule has 1 aliphatic carbocycles. The van der Waals surface area contributed by atoms with Crippen molar-refractivity contribution in [1.82, 2.24) is 4.90 Å². The number of rotatable bonds is 6. The summed E-state index contributed by atoms with van der Waals surface area (Å²) < 4.78 is 16.0. The van der Waals surface area contributed by atoms with Gasteiger partial charge in [0.05, 0.1) is 6.61 Å². The zero-order valence-corrected chi connectivity index (χ0v) is 15.6. The van der Waals surface area contributed by atoms with E-state index >= 15 is 0 Å². The number of carbonyl (C=O) groups is 1. The molecule has 0 saturated heterocycles. The lowest BCUT2D eigenvalue weighted by Gasteiger charge is -2.29. The van der Waals surface area contributed by atoms with E-state index in [-0.39, 0.29) is 12.7 Å². The molecule has 4 rings (SSSR count). The third kappa shape index (κ3) is 3.93. The Balaban J connectivity index is 1.56. The molecule has 142 valence electrons. The highest BCUT2D eigenvalue weighted by atomic mass is 16.7.